The van der Waals surface area contributed by atoms with Crippen molar-refractivity contribution in [2.24, 2.45) is 0 Å². The summed E-state index contributed by atoms with van der Waals surface area (Å²) < 4.78 is 0. The van der Waals surface area contributed by atoms with E-state index in [4.69, 9.17) is 0 Å². The topological polar surface area (TPSA) is 37.3 Å². The lowest BCUT2D eigenvalue weighted by Crippen LogP contribution is -2.10. The first-order valence-corrected chi connectivity index (χ1v) is 4.52. The monoisotopic (exact) mass is 176 g/mol. The van der Waals surface area contributed by atoms with Crippen LogP contribution >= 0.6 is 0 Å². The maximum atomic E-state index is 11.1. The van der Waals surface area contributed by atoms with Gasteiger partial charge in [0.05, 0.1) is 6.10 Å². The molecule has 1 aliphatic carbocycles. The lowest BCUT2D eigenvalue weighted by molar-refractivity contribution is -0.117. The number of aliphatic hydroxyl groups is 1. The fraction of sp³-hybridized carbons (Fsp3) is 0.364. The Labute approximate surface area is 77.2 Å². The van der Waals surface area contributed by atoms with Gasteiger partial charge in [0, 0.05) is 18.8 Å². The van der Waals surface area contributed by atoms with E-state index < -0.39 is 6.10 Å². The molecule has 0 unspecified atom stereocenters. The normalized spacial score (nSPS) is 27.9. The van der Waals surface area contributed by atoms with Gasteiger partial charge >= 0.3 is 0 Å². The summed E-state index contributed by atoms with van der Waals surface area (Å²) in [6.45, 7) is 0. The molecule has 2 atom stereocenters. The minimum absolute atomic E-state index is 0.0219. The second kappa shape index (κ2) is 3.30. The van der Waals surface area contributed by atoms with Gasteiger partial charge in [-0.3, -0.25) is 4.79 Å². The SMILES string of the molecule is O=C1C[C@H](c2ccccc2)[C@@H](O)C1. The van der Waals surface area contributed by atoms with Gasteiger partial charge in [0.25, 0.3) is 0 Å². The van der Waals surface area contributed by atoms with Gasteiger partial charge in [0.2, 0.25) is 0 Å². The summed E-state index contributed by atoms with van der Waals surface area (Å²) in [6.07, 6.45) is 0.333. The molecule has 1 N–H and O–H groups in total. The van der Waals surface area contributed by atoms with Crippen LogP contribution in [0.15, 0.2) is 30.3 Å². The van der Waals surface area contributed by atoms with Crippen LogP contribution in [0.2, 0.25) is 0 Å². The van der Waals surface area contributed by atoms with Gasteiger partial charge in [-0.15, -0.1) is 0 Å². The molecule has 1 saturated carbocycles. The Kier molecular flexibility index (Phi) is 2.15. The highest BCUT2D eigenvalue weighted by Crippen LogP contribution is 2.31. The molecule has 2 heteroatoms. The highest BCUT2D eigenvalue weighted by Gasteiger charge is 2.32. The Bertz CT molecular complexity index is 305. The van der Waals surface area contributed by atoms with Crippen LogP contribution in [0.1, 0.15) is 24.3 Å². The summed E-state index contributed by atoms with van der Waals surface area (Å²) in [7, 11) is 0. The standard InChI is InChI=1S/C11H12O2/c12-9-6-10(11(13)7-9)8-4-2-1-3-5-8/h1-5,10-11,13H,6-7H2/t10-,11+/m1/s1. The summed E-state index contributed by atoms with van der Waals surface area (Å²) >= 11 is 0. The van der Waals surface area contributed by atoms with E-state index in [0.29, 0.717) is 12.8 Å². The second-order valence-electron chi connectivity index (χ2n) is 3.53. The van der Waals surface area contributed by atoms with Crippen LogP contribution in [0.4, 0.5) is 0 Å². The molecule has 1 aromatic carbocycles. The van der Waals surface area contributed by atoms with E-state index in [0.717, 1.165) is 5.56 Å². The Morgan fingerprint density at radius 2 is 1.85 bits per heavy atom. The quantitative estimate of drug-likeness (QED) is 0.704. The molecule has 0 aliphatic heterocycles. The number of carbonyl (C=O) groups excluding carboxylic acids is 1. The summed E-state index contributed by atoms with van der Waals surface area (Å²) in [5.74, 6) is 0.190. The van der Waals surface area contributed by atoms with Crippen LogP contribution in [0.3, 0.4) is 0 Å². The van der Waals surface area contributed by atoms with Crippen molar-refractivity contribution in [3.05, 3.63) is 35.9 Å². The van der Waals surface area contributed by atoms with Crippen LogP contribution in [0.5, 0.6) is 0 Å². The van der Waals surface area contributed by atoms with Crippen molar-refractivity contribution in [1.29, 1.82) is 0 Å². The molecule has 2 nitrogen and oxygen atoms in total. The summed E-state index contributed by atoms with van der Waals surface area (Å²) in [5.41, 5.74) is 1.07. The smallest absolute Gasteiger partial charge is 0.136 e. The first-order valence-electron chi connectivity index (χ1n) is 4.52. The van der Waals surface area contributed by atoms with Gasteiger partial charge in [0.15, 0.2) is 0 Å². The number of aliphatic hydroxyl groups excluding tert-OH is 1. The fourth-order valence-corrected chi connectivity index (χ4v) is 1.88. The molecular formula is C11H12O2. The number of hydrogen-bond donors (Lipinski definition) is 1. The number of rotatable bonds is 1. The van der Waals surface area contributed by atoms with Gasteiger partial charge in [-0.25, -0.2) is 0 Å². The number of carbonyl (C=O) groups is 1. The third kappa shape index (κ3) is 1.63. The van der Waals surface area contributed by atoms with Gasteiger partial charge in [-0.1, -0.05) is 30.3 Å². The average Bonchev–Trinajstić information content (AvgIpc) is 2.47. The van der Waals surface area contributed by atoms with Crippen molar-refractivity contribution in [1.82, 2.24) is 0 Å². The first kappa shape index (κ1) is 8.45. The van der Waals surface area contributed by atoms with Crippen molar-refractivity contribution in [2.45, 2.75) is 24.9 Å². The number of ketones is 1. The van der Waals surface area contributed by atoms with E-state index in [9.17, 15) is 9.90 Å². The Morgan fingerprint density at radius 3 is 2.38 bits per heavy atom. The largest absolute Gasteiger partial charge is 0.392 e. The molecule has 0 aromatic heterocycles. The molecule has 13 heavy (non-hydrogen) atoms. The van der Waals surface area contributed by atoms with Crippen LogP contribution in [0, 0.1) is 0 Å². The maximum Gasteiger partial charge on any atom is 0.136 e. The van der Waals surface area contributed by atoms with Gasteiger partial charge < -0.3 is 5.11 Å². The number of hydrogen-bond acceptors (Lipinski definition) is 2. The molecular weight excluding hydrogens is 164 g/mol. The lowest BCUT2D eigenvalue weighted by atomic mass is 9.96. The van der Waals surface area contributed by atoms with E-state index >= 15 is 0 Å². The first-order chi connectivity index (χ1) is 6.27. The molecule has 0 heterocycles. The maximum absolute atomic E-state index is 11.1. The van der Waals surface area contributed by atoms with E-state index in [2.05, 4.69) is 0 Å². The van der Waals surface area contributed by atoms with Crippen LogP contribution in [-0.2, 0) is 4.79 Å². The molecule has 0 spiro atoms. The van der Waals surface area contributed by atoms with E-state index in [1.54, 1.807) is 0 Å². The molecule has 68 valence electrons. The van der Waals surface area contributed by atoms with Crippen LogP contribution < -0.4 is 0 Å². The summed E-state index contributed by atoms with van der Waals surface area (Å²) in [6, 6.07) is 9.74. The Morgan fingerprint density at radius 1 is 1.15 bits per heavy atom. The third-order valence-electron chi connectivity index (χ3n) is 2.58. The minimum Gasteiger partial charge on any atom is -0.392 e. The van der Waals surface area contributed by atoms with Crippen LogP contribution in [0.25, 0.3) is 0 Å². The zero-order chi connectivity index (χ0) is 9.26. The molecule has 0 amide bonds. The molecule has 1 fully saturated rings. The van der Waals surface area contributed by atoms with Crippen molar-refractivity contribution in [3.63, 3.8) is 0 Å². The van der Waals surface area contributed by atoms with E-state index in [-0.39, 0.29) is 11.7 Å². The average molecular weight is 176 g/mol. The molecule has 2 rings (SSSR count). The van der Waals surface area contributed by atoms with Gasteiger partial charge in [0.1, 0.15) is 5.78 Å². The summed E-state index contributed by atoms with van der Waals surface area (Å²) in [5, 5.41) is 9.59. The summed E-state index contributed by atoms with van der Waals surface area (Å²) in [4.78, 5) is 11.1. The number of benzene rings is 1. The number of Topliss-reactive ketones (excluding diaryl/α,β-unsaturated/α-hetero) is 1. The highest BCUT2D eigenvalue weighted by atomic mass is 16.3. The third-order valence-corrected chi connectivity index (χ3v) is 2.58. The minimum atomic E-state index is -0.477. The predicted octanol–water partition coefficient (Wildman–Crippen LogP) is 1.49. The van der Waals surface area contributed by atoms with Crippen molar-refractivity contribution >= 4 is 5.78 Å². The lowest BCUT2D eigenvalue weighted by Gasteiger charge is -2.12. The molecule has 0 bridgehead atoms. The van der Waals surface area contributed by atoms with Gasteiger partial charge in [-0.2, -0.15) is 0 Å². The predicted molar refractivity (Wildman–Crippen MR) is 49.4 cm³/mol. The molecule has 0 radical (unpaired) electrons. The van der Waals surface area contributed by atoms with E-state index in [1.165, 1.54) is 0 Å². The van der Waals surface area contributed by atoms with Gasteiger partial charge in [-0.05, 0) is 5.56 Å². The second-order valence-corrected chi connectivity index (χ2v) is 3.53. The molecule has 1 aliphatic rings. The molecule has 0 saturated heterocycles. The zero-order valence-corrected chi connectivity index (χ0v) is 7.31. The Hall–Kier alpha value is -1.15. The van der Waals surface area contributed by atoms with Crippen molar-refractivity contribution in [3.8, 4) is 0 Å². The van der Waals surface area contributed by atoms with Crippen molar-refractivity contribution < 1.29 is 9.90 Å². The van der Waals surface area contributed by atoms with Crippen LogP contribution in [-0.4, -0.2) is 17.0 Å². The van der Waals surface area contributed by atoms with E-state index in [1.807, 2.05) is 30.3 Å². The zero-order valence-electron chi connectivity index (χ0n) is 7.31. The Balaban J connectivity index is 2.23. The highest BCUT2D eigenvalue weighted by molar-refractivity contribution is 5.82. The van der Waals surface area contributed by atoms with Crippen molar-refractivity contribution in [2.75, 3.05) is 0 Å². The fourth-order valence-electron chi connectivity index (χ4n) is 1.88. The molecule has 1 aromatic rings.